The normalized spacial score (nSPS) is 10.0. The first-order valence-corrected chi connectivity index (χ1v) is 5.12. The lowest BCUT2D eigenvalue weighted by Gasteiger charge is -1.93. The first kappa shape index (κ1) is 8.97. The molecule has 14 heavy (non-hydrogen) atoms. The summed E-state index contributed by atoms with van der Waals surface area (Å²) in [6, 6.07) is 0. The van der Waals surface area contributed by atoms with E-state index in [1.54, 1.807) is 0 Å². The molecule has 9 heteroatoms. The smallest absolute Gasteiger partial charge is 0.288 e. The van der Waals surface area contributed by atoms with Crippen LogP contribution in [0.2, 0.25) is 0 Å². The Morgan fingerprint density at radius 3 is 2.86 bits per heavy atom. The second-order valence-corrected chi connectivity index (χ2v) is 3.99. The van der Waals surface area contributed by atoms with Crippen LogP contribution in [0.3, 0.4) is 0 Å². The van der Waals surface area contributed by atoms with E-state index in [1.807, 2.05) is 0 Å². The zero-order chi connectivity index (χ0) is 9.97. The Morgan fingerprint density at radius 2 is 2.29 bits per heavy atom. The van der Waals surface area contributed by atoms with Crippen molar-refractivity contribution in [2.45, 2.75) is 0 Å². The average Bonchev–Trinajstić information content (AvgIpc) is 2.75. The predicted molar refractivity (Wildman–Crippen MR) is 52.2 cm³/mol. The molecule has 0 saturated carbocycles. The average molecular weight is 228 g/mol. The molecule has 0 aliphatic rings. The number of nitrogens with zero attached hydrogens (tertiary/aromatic N) is 4. The number of nitrogens with two attached hydrogens (primary N) is 1. The van der Waals surface area contributed by atoms with Gasteiger partial charge in [0.05, 0.1) is 0 Å². The van der Waals surface area contributed by atoms with Gasteiger partial charge in [-0.2, -0.15) is 0 Å². The van der Waals surface area contributed by atoms with Gasteiger partial charge >= 0.3 is 0 Å². The zero-order valence-corrected chi connectivity index (χ0v) is 8.30. The molecule has 0 saturated heterocycles. The molecule has 0 atom stereocenters. The Bertz CT molecular complexity index is 437. The third-order valence-corrected chi connectivity index (χ3v) is 2.57. The topological polar surface area (TPSA) is 107 Å². The standard InChI is InChI=1S/C5H4N6OS2/c6-4-10-9-3(14-4)2(12)8-5-11-7-1-13-5/h1H,(H2,6,10)(H,8,11,12). The van der Waals surface area contributed by atoms with Crippen LogP contribution in [0.1, 0.15) is 9.80 Å². The maximum Gasteiger partial charge on any atom is 0.288 e. The molecule has 0 aromatic carbocycles. The lowest BCUT2D eigenvalue weighted by atomic mass is 10.6. The molecule has 2 heterocycles. The van der Waals surface area contributed by atoms with Gasteiger partial charge in [0.1, 0.15) is 5.51 Å². The van der Waals surface area contributed by atoms with Gasteiger partial charge < -0.3 is 5.73 Å². The van der Waals surface area contributed by atoms with Crippen LogP contribution >= 0.6 is 22.7 Å². The van der Waals surface area contributed by atoms with E-state index in [1.165, 1.54) is 16.8 Å². The van der Waals surface area contributed by atoms with Crippen molar-refractivity contribution in [3.8, 4) is 0 Å². The molecule has 1 amide bonds. The van der Waals surface area contributed by atoms with Crippen molar-refractivity contribution in [1.82, 2.24) is 20.4 Å². The molecular formula is C5H4N6OS2. The molecule has 0 fully saturated rings. The highest BCUT2D eigenvalue weighted by Gasteiger charge is 2.12. The van der Waals surface area contributed by atoms with Gasteiger partial charge in [-0.25, -0.2) is 0 Å². The van der Waals surface area contributed by atoms with E-state index in [9.17, 15) is 4.79 Å². The number of carbonyl (C=O) groups excluding carboxylic acids is 1. The van der Waals surface area contributed by atoms with Crippen LogP contribution in [0.25, 0.3) is 0 Å². The van der Waals surface area contributed by atoms with Gasteiger partial charge in [0, 0.05) is 0 Å². The van der Waals surface area contributed by atoms with Crippen LogP contribution in [0, 0.1) is 0 Å². The summed E-state index contributed by atoms with van der Waals surface area (Å²) in [5.41, 5.74) is 6.85. The second-order valence-electron chi connectivity index (χ2n) is 2.14. The molecule has 0 bridgehead atoms. The fourth-order valence-electron chi connectivity index (χ4n) is 0.704. The van der Waals surface area contributed by atoms with Gasteiger partial charge in [-0.15, -0.1) is 20.4 Å². The van der Waals surface area contributed by atoms with E-state index >= 15 is 0 Å². The summed E-state index contributed by atoms with van der Waals surface area (Å²) in [7, 11) is 0. The van der Waals surface area contributed by atoms with Gasteiger partial charge in [0.2, 0.25) is 15.3 Å². The molecule has 7 nitrogen and oxygen atoms in total. The maximum atomic E-state index is 11.4. The summed E-state index contributed by atoms with van der Waals surface area (Å²) < 4.78 is 0. The summed E-state index contributed by atoms with van der Waals surface area (Å²) >= 11 is 2.24. The number of rotatable bonds is 2. The van der Waals surface area contributed by atoms with Crippen LogP contribution in [-0.4, -0.2) is 26.3 Å². The first-order valence-electron chi connectivity index (χ1n) is 3.42. The number of hydrogen-bond donors (Lipinski definition) is 2. The summed E-state index contributed by atoms with van der Waals surface area (Å²) in [4.78, 5) is 11.4. The Kier molecular flexibility index (Phi) is 2.33. The molecule has 0 radical (unpaired) electrons. The predicted octanol–water partition coefficient (Wildman–Crippen LogP) is 0.224. The minimum absolute atomic E-state index is 0.206. The lowest BCUT2D eigenvalue weighted by molar-refractivity contribution is 0.102. The van der Waals surface area contributed by atoms with Gasteiger partial charge in [0.15, 0.2) is 0 Å². The van der Waals surface area contributed by atoms with Crippen molar-refractivity contribution in [2.24, 2.45) is 0 Å². The highest BCUT2D eigenvalue weighted by Crippen LogP contribution is 2.14. The molecule has 0 spiro atoms. The fraction of sp³-hybridized carbons (Fsp3) is 0. The minimum atomic E-state index is -0.379. The van der Waals surface area contributed by atoms with Crippen molar-refractivity contribution in [2.75, 3.05) is 11.1 Å². The number of nitrogen functional groups attached to an aromatic ring is 1. The first-order chi connectivity index (χ1) is 6.75. The van der Waals surface area contributed by atoms with Crippen molar-refractivity contribution in [3.63, 3.8) is 0 Å². The summed E-state index contributed by atoms with van der Waals surface area (Å²) in [5.74, 6) is -0.379. The fourth-order valence-corrected chi connectivity index (χ4v) is 1.65. The number of anilines is 2. The van der Waals surface area contributed by atoms with Gasteiger partial charge in [0.25, 0.3) is 5.91 Å². The summed E-state index contributed by atoms with van der Waals surface area (Å²) in [6.45, 7) is 0. The van der Waals surface area contributed by atoms with Gasteiger partial charge in [-0.3, -0.25) is 10.1 Å². The van der Waals surface area contributed by atoms with E-state index < -0.39 is 0 Å². The van der Waals surface area contributed by atoms with Crippen molar-refractivity contribution >= 4 is 38.8 Å². The molecule has 0 unspecified atom stereocenters. The van der Waals surface area contributed by atoms with E-state index in [0.717, 1.165) is 11.3 Å². The monoisotopic (exact) mass is 228 g/mol. The SMILES string of the molecule is Nc1nnc(C(=O)Nc2nncs2)s1. The van der Waals surface area contributed by atoms with Crippen LogP contribution in [-0.2, 0) is 0 Å². The van der Waals surface area contributed by atoms with E-state index in [0.29, 0.717) is 5.13 Å². The highest BCUT2D eigenvalue weighted by atomic mass is 32.1. The molecule has 2 rings (SSSR count). The number of carbonyl (C=O) groups is 1. The summed E-state index contributed by atoms with van der Waals surface area (Å²) in [6.07, 6.45) is 0. The number of aromatic nitrogens is 4. The number of amides is 1. The van der Waals surface area contributed by atoms with Crippen molar-refractivity contribution < 1.29 is 4.79 Å². The Labute approximate surface area is 86.0 Å². The maximum absolute atomic E-state index is 11.4. The number of hydrogen-bond acceptors (Lipinski definition) is 8. The molecule has 0 aliphatic carbocycles. The van der Waals surface area contributed by atoms with Crippen molar-refractivity contribution in [3.05, 3.63) is 10.5 Å². The molecule has 3 N–H and O–H groups in total. The summed E-state index contributed by atoms with van der Waals surface area (Å²) in [5, 5.41) is 17.7. The van der Waals surface area contributed by atoms with Gasteiger partial charge in [-0.05, 0) is 0 Å². The van der Waals surface area contributed by atoms with E-state index in [4.69, 9.17) is 5.73 Å². The molecule has 72 valence electrons. The third kappa shape index (κ3) is 1.83. The van der Waals surface area contributed by atoms with Gasteiger partial charge in [-0.1, -0.05) is 22.7 Å². The molecule has 2 aromatic heterocycles. The van der Waals surface area contributed by atoms with Crippen LogP contribution in [0.15, 0.2) is 5.51 Å². The largest absolute Gasteiger partial charge is 0.374 e. The second kappa shape index (κ2) is 3.64. The Hall–Kier alpha value is -1.61. The third-order valence-electron chi connectivity index (χ3n) is 1.22. The zero-order valence-electron chi connectivity index (χ0n) is 6.67. The Morgan fingerprint density at radius 1 is 1.43 bits per heavy atom. The molecule has 0 aliphatic heterocycles. The highest BCUT2D eigenvalue weighted by molar-refractivity contribution is 7.17. The van der Waals surface area contributed by atoms with Crippen molar-refractivity contribution in [1.29, 1.82) is 0 Å². The molecular weight excluding hydrogens is 224 g/mol. The molecule has 2 aromatic rings. The van der Waals surface area contributed by atoms with E-state index in [-0.39, 0.29) is 16.0 Å². The quantitative estimate of drug-likeness (QED) is 0.761. The van der Waals surface area contributed by atoms with Crippen LogP contribution in [0.5, 0.6) is 0 Å². The lowest BCUT2D eigenvalue weighted by Crippen LogP contribution is -2.11. The Balaban J connectivity index is 2.10. The van der Waals surface area contributed by atoms with E-state index in [2.05, 4.69) is 25.7 Å². The van der Waals surface area contributed by atoms with Crippen LogP contribution < -0.4 is 11.1 Å². The minimum Gasteiger partial charge on any atom is -0.374 e. The number of nitrogens with one attached hydrogen (secondary N) is 1. The van der Waals surface area contributed by atoms with Crippen LogP contribution in [0.4, 0.5) is 10.3 Å².